The zero-order valence-corrected chi connectivity index (χ0v) is 16.0. The summed E-state index contributed by atoms with van der Waals surface area (Å²) in [5.74, 6) is 0.0210. The number of anilines is 1. The van der Waals surface area contributed by atoms with Crippen molar-refractivity contribution in [1.82, 2.24) is 19.9 Å². The lowest BCUT2D eigenvalue weighted by atomic mass is 9.97. The van der Waals surface area contributed by atoms with Gasteiger partial charge >= 0.3 is 0 Å². The summed E-state index contributed by atoms with van der Waals surface area (Å²) in [4.78, 5) is 31.5. The van der Waals surface area contributed by atoms with E-state index in [9.17, 15) is 9.59 Å². The van der Waals surface area contributed by atoms with Gasteiger partial charge < -0.3 is 15.0 Å². The lowest BCUT2D eigenvalue weighted by Crippen LogP contribution is -2.43. The Morgan fingerprint density at radius 1 is 1.50 bits per heavy atom. The van der Waals surface area contributed by atoms with Gasteiger partial charge in [0, 0.05) is 44.6 Å². The van der Waals surface area contributed by atoms with E-state index in [1.807, 2.05) is 6.92 Å². The van der Waals surface area contributed by atoms with Crippen LogP contribution in [0.4, 0.5) is 5.13 Å². The molecule has 0 aromatic carbocycles. The zero-order valence-electron chi connectivity index (χ0n) is 15.2. The first-order valence-corrected chi connectivity index (χ1v) is 9.88. The Morgan fingerprint density at radius 3 is 3.15 bits per heavy atom. The van der Waals surface area contributed by atoms with Gasteiger partial charge in [-0.15, -0.1) is 5.10 Å². The summed E-state index contributed by atoms with van der Waals surface area (Å²) in [5, 5.41) is 8.15. The highest BCUT2D eigenvalue weighted by Crippen LogP contribution is 2.26. The van der Waals surface area contributed by atoms with Gasteiger partial charge in [0.05, 0.1) is 5.92 Å². The van der Waals surface area contributed by atoms with Crippen LogP contribution in [0.3, 0.4) is 0 Å². The summed E-state index contributed by atoms with van der Waals surface area (Å²) in [7, 11) is 0. The molecule has 1 N–H and O–H groups in total. The number of aryl methyl sites for hydroxylation is 1. The molecular weight excluding hydrogens is 354 g/mol. The number of nitrogens with zero attached hydrogens (tertiary/aromatic N) is 4. The van der Waals surface area contributed by atoms with E-state index in [0.29, 0.717) is 37.0 Å². The van der Waals surface area contributed by atoms with Gasteiger partial charge in [0.25, 0.3) is 5.56 Å². The predicted molar refractivity (Wildman–Crippen MR) is 101 cm³/mol. The third-order valence-corrected chi connectivity index (χ3v) is 5.36. The molecule has 1 fully saturated rings. The number of fused-ring (bicyclic) bond motifs is 1. The number of carbonyl (C=O) groups is 1. The van der Waals surface area contributed by atoms with Crippen molar-refractivity contribution in [3.05, 3.63) is 22.1 Å². The first-order chi connectivity index (χ1) is 12.6. The van der Waals surface area contributed by atoms with Crippen molar-refractivity contribution >= 4 is 27.3 Å². The third kappa shape index (κ3) is 4.39. The number of hydrogen-bond acceptors (Lipinski definition) is 7. The number of ether oxygens (including phenoxy) is 1. The van der Waals surface area contributed by atoms with Gasteiger partial charge in [-0.1, -0.05) is 11.3 Å². The molecule has 1 unspecified atom stereocenters. The second kappa shape index (κ2) is 8.59. The molecule has 26 heavy (non-hydrogen) atoms. The van der Waals surface area contributed by atoms with Crippen LogP contribution >= 0.6 is 11.3 Å². The molecule has 3 rings (SSSR count). The maximum atomic E-state index is 12.4. The summed E-state index contributed by atoms with van der Waals surface area (Å²) < 4.78 is 6.62. The normalized spacial score (nSPS) is 17.6. The quantitative estimate of drug-likeness (QED) is 0.728. The zero-order chi connectivity index (χ0) is 18.5. The average Bonchev–Trinajstić information content (AvgIpc) is 3.06. The molecule has 1 amide bonds. The lowest BCUT2D eigenvalue weighted by molar-refractivity contribution is -0.125. The van der Waals surface area contributed by atoms with Gasteiger partial charge in [-0.05, 0) is 33.1 Å². The highest BCUT2D eigenvalue weighted by Gasteiger charge is 2.27. The number of amides is 1. The minimum Gasteiger partial charge on any atom is -0.382 e. The van der Waals surface area contributed by atoms with E-state index in [1.165, 1.54) is 21.9 Å². The van der Waals surface area contributed by atoms with E-state index >= 15 is 0 Å². The number of rotatable bonds is 7. The van der Waals surface area contributed by atoms with Crippen LogP contribution in [-0.4, -0.2) is 53.4 Å². The summed E-state index contributed by atoms with van der Waals surface area (Å²) in [5.41, 5.74) is 0.517. The van der Waals surface area contributed by atoms with Gasteiger partial charge in [0.1, 0.15) is 0 Å². The lowest BCUT2D eigenvalue weighted by Gasteiger charge is -2.31. The van der Waals surface area contributed by atoms with E-state index in [0.717, 1.165) is 30.9 Å². The standard InChI is InChI=1S/C17H25N5O3S/c1-3-25-9-5-7-18-15(24)13-6-4-8-21(11-13)17-20-22-14(23)10-12(2)19-16(22)26-17/h10,13H,3-9,11H2,1-2H3,(H,18,24). The van der Waals surface area contributed by atoms with Crippen LogP contribution in [-0.2, 0) is 9.53 Å². The van der Waals surface area contributed by atoms with Crippen LogP contribution in [0.25, 0.3) is 4.96 Å². The molecule has 0 saturated carbocycles. The second-order valence-corrected chi connectivity index (χ2v) is 7.38. The summed E-state index contributed by atoms with van der Waals surface area (Å²) in [6, 6.07) is 1.48. The van der Waals surface area contributed by atoms with E-state index in [-0.39, 0.29) is 17.4 Å². The number of nitrogens with one attached hydrogen (secondary N) is 1. The molecule has 9 heteroatoms. The predicted octanol–water partition coefficient (Wildman–Crippen LogP) is 1.22. The highest BCUT2D eigenvalue weighted by molar-refractivity contribution is 7.20. The number of aromatic nitrogens is 3. The topological polar surface area (TPSA) is 88.8 Å². The molecule has 1 aliphatic rings. The van der Waals surface area contributed by atoms with Crippen molar-refractivity contribution in [3.63, 3.8) is 0 Å². The summed E-state index contributed by atoms with van der Waals surface area (Å²) in [6.45, 7) is 7.21. The monoisotopic (exact) mass is 379 g/mol. The van der Waals surface area contributed by atoms with Gasteiger partial charge in [0.2, 0.25) is 16.0 Å². The van der Waals surface area contributed by atoms with Gasteiger partial charge in [0.15, 0.2) is 0 Å². The van der Waals surface area contributed by atoms with Crippen molar-refractivity contribution in [2.75, 3.05) is 37.7 Å². The van der Waals surface area contributed by atoms with E-state index in [4.69, 9.17) is 4.74 Å². The fourth-order valence-corrected chi connectivity index (χ4v) is 4.07. The molecule has 1 saturated heterocycles. The van der Waals surface area contributed by atoms with Gasteiger partial charge in [-0.25, -0.2) is 4.98 Å². The summed E-state index contributed by atoms with van der Waals surface area (Å²) >= 11 is 1.39. The summed E-state index contributed by atoms with van der Waals surface area (Å²) in [6.07, 6.45) is 2.62. The minimum absolute atomic E-state index is 0.0609. The SMILES string of the molecule is CCOCCCNC(=O)C1CCCN(c2nn3c(=O)cc(C)nc3s2)C1. The maximum absolute atomic E-state index is 12.4. The minimum atomic E-state index is -0.171. The molecule has 142 valence electrons. The van der Waals surface area contributed by atoms with E-state index in [1.54, 1.807) is 6.92 Å². The molecule has 0 radical (unpaired) electrons. The Morgan fingerprint density at radius 2 is 2.35 bits per heavy atom. The molecule has 8 nitrogen and oxygen atoms in total. The fraction of sp³-hybridized carbons (Fsp3) is 0.647. The first kappa shape index (κ1) is 18.8. The molecule has 1 atom stereocenters. The second-order valence-electron chi connectivity index (χ2n) is 6.44. The van der Waals surface area contributed by atoms with Crippen LogP contribution in [0.1, 0.15) is 31.9 Å². The maximum Gasteiger partial charge on any atom is 0.275 e. The van der Waals surface area contributed by atoms with E-state index in [2.05, 4.69) is 20.3 Å². The Balaban J connectivity index is 1.62. The number of piperidine rings is 1. The first-order valence-electron chi connectivity index (χ1n) is 9.06. The van der Waals surface area contributed by atoms with Crippen LogP contribution in [0.2, 0.25) is 0 Å². The highest BCUT2D eigenvalue weighted by atomic mass is 32.1. The molecule has 3 heterocycles. The third-order valence-electron chi connectivity index (χ3n) is 4.39. The molecule has 0 spiro atoms. The molecule has 2 aromatic rings. The molecule has 0 aliphatic carbocycles. The van der Waals surface area contributed by atoms with Crippen molar-refractivity contribution in [2.24, 2.45) is 5.92 Å². The van der Waals surface area contributed by atoms with Crippen molar-refractivity contribution < 1.29 is 9.53 Å². The van der Waals surface area contributed by atoms with Gasteiger partial charge in [-0.2, -0.15) is 4.52 Å². The Hall–Kier alpha value is -2.00. The smallest absolute Gasteiger partial charge is 0.275 e. The average molecular weight is 379 g/mol. The Bertz CT molecular complexity index is 818. The van der Waals surface area contributed by atoms with Crippen molar-refractivity contribution in [2.45, 2.75) is 33.1 Å². The van der Waals surface area contributed by atoms with Crippen molar-refractivity contribution in [3.8, 4) is 0 Å². The Kier molecular flexibility index (Phi) is 6.20. The molecular formula is C17H25N5O3S. The van der Waals surface area contributed by atoms with Crippen LogP contribution in [0.15, 0.2) is 10.9 Å². The van der Waals surface area contributed by atoms with E-state index < -0.39 is 0 Å². The Labute approximate surface area is 156 Å². The number of carbonyl (C=O) groups excluding carboxylic acids is 1. The number of hydrogen-bond donors (Lipinski definition) is 1. The van der Waals surface area contributed by atoms with Crippen LogP contribution < -0.4 is 15.8 Å². The van der Waals surface area contributed by atoms with Crippen molar-refractivity contribution in [1.29, 1.82) is 0 Å². The molecule has 1 aliphatic heterocycles. The van der Waals surface area contributed by atoms with Crippen LogP contribution in [0.5, 0.6) is 0 Å². The van der Waals surface area contributed by atoms with Crippen LogP contribution in [0, 0.1) is 12.8 Å². The molecule has 2 aromatic heterocycles. The largest absolute Gasteiger partial charge is 0.382 e. The fourth-order valence-electron chi connectivity index (χ4n) is 3.08. The van der Waals surface area contributed by atoms with Gasteiger partial charge in [-0.3, -0.25) is 9.59 Å². The molecule has 0 bridgehead atoms.